The van der Waals surface area contributed by atoms with Gasteiger partial charge >= 0.3 is 0 Å². The summed E-state index contributed by atoms with van der Waals surface area (Å²) in [5.41, 5.74) is 2.07. The van der Waals surface area contributed by atoms with Crippen molar-refractivity contribution in [2.24, 2.45) is 5.92 Å². The maximum absolute atomic E-state index is 12.9. The van der Waals surface area contributed by atoms with Crippen LogP contribution in [0.25, 0.3) is 11.3 Å². The van der Waals surface area contributed by atoms with E-state index in [1.165, 1.54) is 45.2 Å². The topological polar surface area (TPSA) is 79.5 Å². The van der Waals surface area contributed by atoms with E-state index in [1.807, 2.05) is 18.2 Å². The van der Waals surface area contributed by atoms with E-state index in [9.17, 15) is 4.79 Å². The lowest BCUT2D eigenvalue weighted by Gasteiger charge is -2.44. The first kappa shape index (κ1) is 19.8. The summed E-state index contributed by atoms with van der Waals surface area (Å²) in [5, 5.41) is 10.2. The van der Waals surface area contributed by atoms with Crippen molar-refractivity contribution >= 4 is 5.91 Å². The molecular formula is C22H30N4O3. The number of aromatic amines is 1. The molecule has 1 aromatic carbocycles. The number of methoxy groups -OCH3 is 2. The third-order valence-electron chi connectivity index (χ3n) is 6.31. The largest absolute Gasteiger partial charge is 0.493 e. The molecule has 2 N–H and O–H groups in total. The van der Waals surface area contributed by atoms with Gasteiger partial charge in [0.25, 0.3) is 5.91 Å². The van der Waals surface area contributed by atoms with Crippen molar-refractivity contribution in [3.63, 3.8) is 0 Å². The molecule has 3 heterocycles. The summed E-state index contributed by atoms with van der Waals surface area (Å²) < 4.78 is 10.7. The van der Waals surface area contributed by atoms with Crippen LogP contribution in [0, 0.1) is 5.92 Å². The quantitative estimate of drug-likeness (QED) is 0.782. The van der Waals surface area contributed by atoms with E-state index in [0.29, 0.717) is 34.7 Å². The van der Waals surface area contributed by atoms with Crippen LogP contribution in [0.1, 0.15) is 42.5 Å². The molecule has 1 aromatic heterocycles. The second-order valence-electron chi connectivity index (χ2n) is 7.94. The van der Waals surface area contributed by atoms with Gasteiger partial charge in [-0.25, -0.2) is 0 Å². The first-order valence-electron chi connectivity index (χ1n) is 10.5. The SMILES string of the molecule is COc1ccc(-c2[nH]ncc2C(=O)NC[C@H]2CCCN3CCCC[C@H]23)cc1OC. The molecule has 2 aliphatic rings. The molecule has 1 amide bonds. The van der Waals surface area contributed by atoms with E-state index in [2.05, 4.69) is 20.4 Å². The molecule has 2 fully saturated rings. The van der Waals surface area contributed by atoms with Gasteiger partial charge in [0.05, 0.1) is 31.7 Å². The van der Waals surface area contributed by atoms with Crippen LogP contribution < -0.4 is 14.8 Å². The van der Waals surface area contributed by atoms with Crippen LogP contribution in [0.2, 0.25) is 0 Å². The molecule has 2 aliphatic heterocycles. The second kappa shape index (κ2) is 8.86. The lowest BCUT2D eigenvalue weighted by Crippen LogP contribution is -2.51. The normalized spacial score (nSPS) is 22.0. The number of hydrogen-bond donors (Lipinski definition) is 2. The fourth-order valence-electron chi connectivity index (χ4n) is 4.80. The van der Waals surface area contributed by atoms with Gasteiger partial charge in [-0.2, -0.15) is 5.10 Å². The van der Waals surface area contributed by atoms with Crippen LogP contribution in [0.15, 0.2) is 24.4 Å². The Kier molecular flexibility index (Phi) is 6.04. The van der Waals surface area contributed by atoms with Crippen molar-refractivity contribution in [1.82, 2.24) is 20.4 Å². The number of nitrogens with one attached hydrogen (secondary N) is 2. The van der Waals surface area contributed by atoms with Crippen LogP contribution in [-0.2, 0) is 0 Å². The van der Waals surface area contributed by atoms with Gasteiger partial charge in [-0.05, 0) is 62.9 Å². The van der Waals surface area contributed by atoms with Crippen LogP contribution in [0.5, 0.6) is 11.5 Å². The van der Waals surface area contributed by atoms with Gasteiger partial charge in [-0.1, -0.05) is 6.42 Å². The molecule has 7 nitrogen and oxygen atoms in total. The number of rotatable bonds is 6. The standard InChI is InChI=1S/C22H30N4O3/c1-28-19-9-8-15(12-20(19)29-2)21-17(14-24-25-21)22(27)23-13-16-6-5-11-26-10-4-3-7-18(16)26/h8-9,12,14,16,18H,3-7,10-11,13H2,1-2H3,(H,23,27)(H,24,25)/t16-,18-/m1/s1. The lowest BCUT2D eigenvalue weighted by atomic mass is 9.83. The Morgan fingerprint density at radius 1 is 1.17 bits per heavy atom. The molecule has 0 spiro atoms. The highest BCUT2D eigenvalue weighted by atomic mass is 16.5. The van der Waals surface area contributed by atoms with E-state index in [-0.39, 0.29) is 5.91 Å². The van der Waals surface area contributed by atoms with Crippen molar-refractivity contribution in [1.29, 1.82) is 0 Å². The highest BCUT2D eigenvalue weighted by Crippen LogP contribution is 2.33. The van der Waals surface area contributed by atoms with Gasteiger partial charge in [0, 0.05) is 18.2 Å². The van der Waals surface area contributed by atoms with Crippen LogP contribution in [-0.4, -0.2) is 60.9 Å². The molecule has 0 bridgehead atoms. The second-order valence-corrected chi connectivity index (χ2v) is 7.94. The Labute approximate surface area is 171 Å². The number of fused-ring (bicyclic) bond motifs is 1. The Morgan fingerprint density at radius 2 is 2.00 bits per heavy atom. The molecule has 156 valence electrons. The number of H-pyrrole nitrogens is 1. The third-order valence-corrected chi connectivity index (χ3v) is 6.31. The number of carbonyl (C=O) groups is 1. The Morgan fingerprint density at radius 3 is 2.83 bits per heavy atom. The Bertz CT molecular complexity index is 848. The molecule has 7 heteroatoms. The number of aromatic nitrogens is 2. The smallest absolute Gasteiger partial charge is 0.255 e. The van der Waals surface area contributed by atoms with E-state index < -0.39 is 0 Å². The summed E-state index contributed by atoms with van der Waals surface area (Å²) in [7, 11) is 3.20. The molecule has 2 saturated heterocycles. The first-order valence-corrected chi connectivity index (χ1v) is 10.5. The molecule has 0 aliphatic carbocycles. The van der Waals surface area contributed by atoms with E-state index in [1.54, 1.807) is 20.4 Å². The van der Waals surface area contributed by atoms with Crippen molar-refractivity contribution in [3.05, 3.63) is 30.0 Å². The van der Waals surface area contributed by atoms with Crippen molar-refractivity contribution in [2.75, 3.05) is 33.9 Å². The van der Waals surface area contributed by atoms with E-state index >= 15 is 0 Å². The summed E-state index contributed by atoms with van der Waals surface area (Å²) in [4.78, 5) is 15.6. The number of benzene rings is 1. The summed E-state index contributed by atoms with van der Waals surface area (Å²) in [6.45, 7) is 3.14. The fourth-order valence-corrected chi connectivity index (χ4v) is 4.80. The predicted octanol–water partition coefficient (Wildman–Crippen LogP) is 3.09. The van der Waals surface area contributed by atoms with Gasteiger partial charge in [-0.15, -0.1) is 0 Å². The van der Waals surface area contributed by atoms with Gasteiger partial charge in [0.1, 0.15) is 0 Å². The molecule has 0 radical (unpaired) electrons. The average Bonchev–Trinajstić information content (AvgIpc) is 3.27. The molecule has 2 aromatic rings. The number of ether oxygens (including phenoxy) is 2. The zero-order valence-corrected chi connectivity index (χ0v) is 17.2. The van der Waals surface area contributed by atoms with Crippen molar-refractivity contribution < 1.29 is 14.3 Å². The summed E-state index contributed by atoms with van der Waals surface area (Å²) in [5.74, 6) is 1.71. The van der Waals surface area contributed by atoms with Crippen LogP contribution in [0.4, 0.5) is 0 Å². The van der Waals surface area contributed by atoms with Crippen LogP contribution in [0.3, 0.4) is 0 Å². The predicted molar refractivity (Wildman–Crippen MR) is 111 cm³/mol. The van der Waals surface area contributed by atoms with Crippen LogP contribution >= 0.6 is 0 Å². The zero-order valence-electron chi connectivity index (χ0n) is 17.2. The Balaban J connectivity index is 1.46. The summed E-state index contributed by atoms with van der Waals surface area (Å²) in [6.07, 6.45) is 7.86. The Hall–Kier alpha value is -2.54. The molecule has 4 rings (SSSR count). The molecule has 2 atom stereocenters. The average molecular weight is 399 g/mol. The van der Waals surface area contributed by atoms with Crippen molar-refractivity contribution in [2.45, 2.75) is 38.1 Å². The minimum atomic E-state index is -0.0866. The number of carbonyl (C=O) groups excluding carboxylic acids is 1. The summed E-state index contributed by atoms with van der Waals surface area (Å²) in [6, 6.07) is 6.19. The molecule has 29 heavy (non-hydrogen) atoms. The van der Waals surface area contributed by atoms with Gasteiger partial charge in [-0.3, -0.25) is 9.89 Å². The first-order chi connectivity index (χ1) is 14.2. The van der Waals surface area contributed by atoms with Crippen molar-refractivity contribution in [3.8, 4) is 22.8 Å². The highest BCUT2D eigenvalue weighted by Gasteiger charge is 2.33. The number of amides is 1. The maximum atomic E-state index is 12.9. The number of nitrogens with zero attached hydrogens (tertiary/aromatic N) is 2. The number of hydrogen-bond acceptors (Lipinski definition) is 5. The third kappa shape index (κ3) is 4.10. The summed E-state index contributed by atoms with van der Waals surface area (Å²) >= 11 is 0. The molecule has 0 unspecified atom stereocenters. The zero-order chi connectivity index (χ0) is 20.2. The fraction of sp³-hybridized carbons (Fsp3) is 0.545. The minimum Gasteiger partial charge on any atom is -0.493 e. The van der Waals surface area contributed by atoms with E-state index in [0.717, 1.165) is 12.1 Å². The molecule has 0 saturated carbocycles. The molecular weight excluding hydrogens is 368 g/mol. The van der Waals surface area contributed by atoms with E-state index in [4.69, 9.17) is 9.47 Å². The monoisotopic (exact) mass is 398 g/mol. The van der Waals surface area contributed by atoms with Gasteiger partial charge in [0.2, 0.25) is 0 Å². The van der Waals surface area contributed by atoms with Gasteiger partial charge < -0.3 is 19.7 Å². The maximum Gasteiger partial charge on any atom is 0.255 e. The lowest BCUT2D eigenvalue weighted by molar-refractivity contribution is 0.0576. The minimum absolute atomic E-state index is 0.0866. The number of piperidine rings is 2. The van der Waals surface area contributed by atoms with Gasteiger partial charge in [0.15, 0.2) is 11.5 Å². The highest BCUT2D eigenvalue weighted by molar-refractivity contribution is 5.99.